The number of aryl methyl sites for hydroxylation is 1. The zero-order chi connectivity index (χ0) is 50.7. The molecule has 5 rings (SSSR count). The zero-order valence-corrected chi connectivity index (χ0v) is 43.9. The molecule has 13 nitrogen and oxygen atoms in total. The van der Waals surface area contributed by atoms with Crippen molar-refractivity contribution in [2.24, 2.45) is 41.4 Å². The van der Waals surface area contributed by atoms with Gasteiger partial charge in [0.1, 0.15) is 30.1 Å². The Balaban J connectivity index is 1.48. The van der Waals surface area contributed by atoms with E-state index < -0.39 is 78.1 Å². The fourth-order valence-corrected chi connectivity index (χ4v) is 12.4. The van der Waals surface area contributed by atoms with Crippen molar-refractivity contribution in [3.8, 4) is 0 Å². The van der Waals surface area contributed by atoms with Gasteiger partial charge in [-0.05, 0) is 132 Å². The number of methoxy groups -OCH3 is 2. The van der Waals surface area contributed by atoms with Crippen LogP contribution in [0.5, 0.6) is 0 Å². The highest BCUT2D eigenvalue weighted by Gasteiger charge is 2.53. The number of cyclic esters (lactones) is 1. The molecule has 4 N–H and O–H groups in total. The molecule has 4 aliphatic rings. The monoisotopic (exact) mass is 984 g/mol. The number of aliphatic hydroxyl groups excluding tert-OH is 3. The molecule has 1 amide bonds. The summed E-state index contributed by atoms with van der Waals surface area (Å²) >= 11 is 1.72. The SMILES string of the molecule is CO[C@@H]1C[C@H](C[C@@H](C)[C@@H]2CC(=O)[C@H](C)/C=C(/C)[C@@H](O)[C@@H](OC)C(=O)[C@H](C)C[C@H](C)/C=C\C/C=C\C(C)[C@H](c3ccc(C)s3)C[C@@H]3CC[C@@H](C)[C@@](O)(O3)C(O)C(=O)N3CCCC[C@H]3C(=O)O2)CC[C@H]1O. The minimum absolute atomic E-state index is 0.0291. The van der Waals surface area contributed by atoms with Crippen LogP contribution in [0.3, 0.4) is 0 Å². The lowest BCUT2D eigenvalue weighted by atomic mass is 9.78. The molecule has 3 fully saturated rings. The van der Waals surface area contributed by atoms with Crippen molar-refractivity contribution < 1.29 is 58.6 Å². The topological polar surface area (TPSA) is 189 Å². The number of carbonyl (C=O) groups excluding carboxylic acids is 4. The Morgan fingerprint density at radius 3 is 2.29 bits per heavy atom. The lowest BCUT2D eigenvalue weighted by Gasteiger charge is -2.46. The fourth-order valence-electron chi connectivity index (χ4n) is 11.3. The van der Waals surface area contributed by atoms with Gasteiger partial charge in [0.25, 0.3) is 5.91 Å². The van der Waals surface area contributed by atoms with Gasteiger partial charge in [-0.25, -0.2) is 4.79 Å². The second kappa shape index (κ2) is 26.0. The summed E-state index contributed by atoms with van der Waals surface area (Å²) in [5, 5.41) is 46.3. The molecule has 0 spiro atoms. The number of rotatable bonds is 6. The number of aliphatic hydroxyl groups is 4. The van der Waals surface area contributed by atoms with Crippen molar-refractivity contribution in [1.82, 2.24) is 4.90 Å². The maximum atomic E-state index is 14.5. The van der Waals surface area contributed by atoms with Gasteiger partial charge in [-0.2, -0.15) is 0 Å². The van der Waals surface area contributed by atoms with Gasteiger partial charge >= 0.3 is 5.97 Å². The molecular formula is C55H85NO12S. The van der Waals surface area contributed by atoms with Crippen molar-refractivity contribution >= 4 is 34.8 Å². The van der Waals surface area contributed by atoms with E-state index in [1.54, 1.807) is 45.3 Å². The summed E-state index contributed by atoms with van der Waals surface area (Å²) in [6, 6.07) is 3.17. The van der Waals surface area contributed by atoms with Crippen molar-refractivity contribution in [2.75, 3.05) is 20.8 Å². The van der Waals surface area contributed by atoms with E-state index in [2.05, 4.69) is 57.2 Å². The summed E-state index contributed by atoms with van der Waals surface area (Å²) < 4.78 is 24.0. The summed E-state index contributed by atoms with van der Waals surface area (Å²) in [7, 11) is 2.98. The number of hydrogen-bond acceptors (Lipinski definition) is 13. The van der Waals surface area contributed by atoms with E-state index in [0.717, 1.165) is 6.42 Å². The van der Waals surface area contributed by atoms with Crippen LogP contribution in [0.2, 0.25) is 0 Å². The van der Waals surface area contributed by atoms with Crippen molar-refractivity contribution in [3.63, 3.8) is 0 Å². The summed E-state index contributed by atoms with van der Waals surface area (Å²) in [5.41, 5.74) is 0.407. The lowest BCUT2D eigenvalue weighted by Crippen LogP contribution is -2.63. The molecule has 2 unspecified atom stereocenters. The van der Waals surface area contributed by atoms with Gasteiger partial charge in [-0.1, -0.05) is 71.9 Å². The average molecular weight is 984 g/mol. The molecule has 1 aromatic rings. The second-order valence-corrected chi connectivity index (χ2v) is 22.7. The van der Waals surface area contributed by atoms with E-state index in [1.165, 1.54) is 21.8 Å². The van der Waals surface area contributed by atoms with Gasteiger partial charge in [0.05, 0.1) is 18.3 Å². The largest absolute Gasteiger partial charge is 0.460 e. The number of allylic oxidation sites excluding steroid dienone is 5. The van der Waals surface area contributed by atoms with Crippen molar-refractivity contribution in [3.05, 3.63) is 57.8 Å². The van der Waals surface area contributed by atoms with E-state index in [0.29, 0.717) is 69.8 Å². The number of amides is 1. The molecule has 14 heteroatoms. The Hall–Kier alpha value is -3.08. The molecule has 69 heavy (non-hydrogen) atoms. The number of piperidine rings is 1. The Morgan fingerprint density at radius 1 is 0.884 bits per heavy atom. The van der Waals surface area contributed by atoms with Gasteiger partial charge in [0.2, 0.25) is 5.79 Å². The molecule has 2 saturated heterocycles. The smallest absolute Gasteiger partial charge is 0.329 e. The van der Waals surface area contributed by atoms with E-state index in [9.17, 15) is 39.6 Å². The highest BCUT2D eigenvalue weighted by atomic mass is 32.1. The number of Topliss-reactive ketones (excluding diaryl/α,β-unsaturated/α-hetero) is 2. The summed E-state index contributed by atoms with van der Waals surface area (Å²) in [6.07, 6.45) is 10.3. The first-order chi connectivity index (χ1) is 32.7. The number of fused-ring (bicyclic) bond motifs is 3. The van der Waals surface area contributed by atoms with Crippen molar-refractivity contribution in [2.45, 2.75) is 199 Å². The number of carbonyl (C=O) groups is 4. The van der Waals surface area contributed by atoms with Gasteiger partial charge in [0.15, 0.2) is 11.9 Å². The Kier molecular flexibility index (Phi) is 21.4. The highest BCUT2D eigenvalue weighted by Crippen LogP contribution is 2.43. The van der Waals surface area contributed by atoms with Gasteiger partial charge in [0, 0.05) is 60.6 Å². The fraction of sp³-hybridized carbons (Fsp3) is 0.745. The Bertz CT molecular complexity index is 1950. The predicted octanol–water partition coefficient (Wildman–Crippen LogP) is 8.19. The van der Waals surface area contributed by atoms with Crippen LogP contribution in [0.25, 0.3) is 0 Å². The molecule has 3 aliphatic heterocycles. The molecule has 388 valence electrons. The molecule has 1 aliphatic carbocycles. The molecule has 1 saturated carbocycles. The van der Waals surface area contributed by atoms with Crippen LogP contribution in [0, 0.1) is 48.3 Å². The van der Waals surface area contributed by atoms with E-state index in [4.69, 9.17) is 18.9 Å². The summed E-state index contributed by atoms with van der Waals surface area (Å²) in [5.74, 6) is -5.90. The normalized spacial score (nSPS) is 40.2. The Labute approximate surface area is 416 Å². The minimum atomic E-state index is -2.21. The molecule has 1 aromatic heterocycles. The number of ether oxygens (including phenoxy) is 4. The first-order valence-electron chi connectivity index (χ1n) is 25.8. The van der Waals surface area contributed by atoms with Crippen LogP contribution in [0.15, 0.2) is 48.1 Å². The quantitative estimate of drug-likeness (QED) is 0.158. The summed E-state index contributed by atoms with van der Waals surface area (Å²) in [6.45, 7) is 15.4. The molecule has 0 radical (unpaired) electrons. The maximum Gasteiger partial charge on any atom is 0.329 e. The van der Waals surface area contributed by atoms with Crippen LogP contribution in [-0.2, 0) is 38.1 Å². The molecular weight excluding hydrogens is 899 g/mol. The minimum Gasteiger partial charge on any atom is -0.460 e. The standard InChI is InChI=1S/C55H85NO12S/c1-32-16-12-11-13-17-33(2)42(48-24-20-39(8)69-48)30-41-22-19-38(7)55(64,68-41)52(61)53(62)56-25-15-14-18-43(56)54(63)67-46(35(4)28-40-21-23-44(57)47(29-40)65-9)31-45(58)34(3)27-37(6)50(60)51(66-10)49(59)36(5)26-32/h12-13,16-17,20,24,27,32-36,38,40-44,46-47,50-52,57,60-61,64H,11,14-15,18-19,21-23,25-26,28-31H2,1-10H3/b16-12-,17-13-,37-27-/t32-,33?,34-,35-,36-,38-,40+,41+,42-,43+,44-,46+,47-,50-,51+,52?,55-/m1/s1. The maximum absolute atomic E-state index is 14.5. The van der Waals surface area contributed by atoms with Crippen LogP contribution in [0.4, 0.5) is 0 Å². The Morgan fingerprint density at radius 2 is 1.61 bits per heavy atom. The van der Waals surface area contributed by atoms with E-state index >= 15 is 0 Å². The third-order valence-electron chi connectivity index (χ3n) is 15.8. The third-order valence-corrected chi connectivity index (χ3v) is 17.0. The van der Waals surface area contributed by atoms with Gasteiger partial charge in [-0.3, -0.25) is 14.4 Å². The van der Waals surface area contributed by atoms with Crippen LogP contribution >= 0.6 is 11.3 Å². The second-order valence-electron chi connectivity index (χ2n) is 21.4. The highest BCUT2D eigenvalue weighted by molar-refractivity contribution is 7.12. The number of esters is 1. The first kappa shape index (κ1) is 56.8. The van der Waals surface area contributed by atoms with E-state index in [1.807, 2.05) is 13.8 Å². The van der Waals surface area contributed by atoms with Crippen LogP contribution in [0.1, 0.15) is 148 Å². The van der Waals surface area contributed by atoms with Gasteiger partial charge < -0.3 is 44.3 Å². The van der Waals surface area contributed by atoms with E-state index in [-0.39, 0.29) is 66.6 Å². The first-order valence-corrected chi connectivity index (χ1v) is 26.7. The van der Waals surface area contributed by atoms with Crippen LogP contribution < -0.4 is 0 Å². The molecule has 2 bridgehead atoms. The molecule has 4 heterocycles. The van der Waals surface area contributed by atoms with Gasteiger partial charge in [-0.15, -0.1) is 11.3 Å². The summed E-state index contributed by atoms with van der Waals surface area (Å²) in [4.78, 5) is 60.7. The lowest BCUT2D eigenvalue weighted by molar-refractivity contribution is -0.316. The molecule has 0 aromatic carbocycles. The van der Waals surface area contributed by atoms with Crippen molar-refractivity contribution in [1.29, 1.82) is 0 Å². The third kappa shape index (κ3) is 14.8. The number of nitrogens with zero attached hydrogens (tertiary/aromatic N) is 1. The molecule has 17 atom stereocenters. The zero-order valence-electron chi connectivity index (χ0n) is 43.1. The number of thiophene rings is 1. The number of hydrogen-bond donors (Lipinski definition) is 4. The average Bonchev–Trinajstić information content (AvgIpc) is 3.76. The predicted molar refractivity (Wildman–Crippen MR) is 267 cm³/mol. The van der Waals surface area contributed by atoms with Crippen LogP contribution in [-0.4, -0.2) is 124 Å². The number of ketones is 2.